The van der Waals surface area contributed by atoms with Crippen LogP contribution in [0.25, 0.3) is 21.5 Å². The van der Waals surface area contributed by atoms with E-state index in [2.05, 4.69) is 24.3 Å². The third-order valence-electron chi connectivity index (χ3n) is 4.54. The maximum atomic E-state index is 5.94. The molecule has 0 saturated heterocycles. The van der Waals surface area contributed by atoms with Gasteiger partial charge in [0, 0.05) is 37.2 Å². The van der Waals surface area contributed by atoms with E-state index in [4.69, 9.17) is 28.4 Å². The van der Waals surface area contributed by atoms with E-state index in [9.17, 15) is 0 Å². The fourth-order valence-corrected chi connectivity index (χ4v) is 3.23. The molecule has 0 bridgehead atoms. The van der Waals surface area contributed by atoms with Crippen molar-refractivity contribution in [1.82, 2.24) is 0 Å². The molecule has 0 aliphatic heterocycles. The molecule has 0 heterocycles. The Morgan fingerprint density at radius 1 is 0.828 bits per heavy atom. The van der Waals surface area contributed by atoms with Crippen LogP contribution in [0, 0.1) is 0 Å². The van der Waals surface area contributed by atoms with Gasteiger partial charge in [0.15, 0.2) is 19.9 Å². The van der Waals surface area contributed by atoms with Crippen molar-refractivity contribution in [3.05, 3.63) is 48.0 Å². The smallest absolute Gasteiger partial charge is 0.188 e. The molecule has 156 valence electrons. The SMILES string of the molecule is CCOC(C)OCc1ccc2cc3c(OCOC)cccc3cc2c1OCOC. The molecule has 6 nitrogen and oxygen atoms in total. The van der Waals surface area contributed by atoms with Gasteiger partial charge < -0.3 is 28.4 Å². The quantitative estimate of drug-likeness (QED) is 0.339. The van der Waals surface area contributed by atoms with Gasteiger partial charge >= 0.3 is 0 Å². The van der Waals surface area contributed by atoms with Gasteiger partial charge in [0.1, 0.15) is 11.5 Å². The lowest BCUT2D eigenvalue weighted by Gasteiger charge is -2.18. The lowest BCUT2D eigenvalue weighted by Crippen LogP contribution is -2.13. The molecule has 1 atom stereocenters. The second kappa shape index (κ2) is 10.4. The summed E-state index contributed by atoms with van der Waals surface area (Å²) in [6.07, 6.45) is -0.289. The van der Waals surface area contributed by atoms with Crippen LogP contribution in [0.3, 0.4) is 0 Å². The fourth-order valence-electron chi connectivity index (χ4n) is 3.23. The highest BCUT2D eigenvalue weighted by atomic mass is 16.7. The van der Waals surface area contributed by atoms with Crippen LogP contribution in [0.2, 0.25) is 0 Å². The number of benzene rings is 3. The molecular weight excluding hydrogens is 372 g/mol. The highest BCUT2D eigenvalue weighted by molar-refractivity contribution is 6.03. The molecule has 3 aromatic carbocycles. The number of rotatable bonds is 11. The average molecular weight is 400 g/mol. The zero-order valence-corrected chi connectivity index (χ0v) is 17.4. The molecule has 0 aliphatic carbocycles. The van der Waals surface area contributed by atoms with Crippen molar-refractivity contribution in [2.75, 3.05) is 34.4 Å². The van der Waals surface area contributed by atoms with Crippen molar-refractivity contribution in [1.29, 1.82) is 0 Å². The molecule has 0 aromatic heterocycles. The molecule has 0 spiro atoms. The van der Waals surface area contributed by atoms with Crippen molar-refractivity contribution >= 4 is 21.5 Å². The van der Waals surface area contributed by atoms with E-state index in [1.54, 1.807) is 14.2 Å². The topological polar surface area (TPSA) is 55.4 Å². The molecule has 6 heteroatoms. The predicted molar refractivity (Wildman–Crippen MR) is 112 cm³/mol. The van der Waals surface area contributed by atoms with Crippen LogP contribution < -0.4 is 9.47 Å². The summed E-state index contributed by atoms with van der Waals surface area (Å²) in [5.41, 5.74) is 0.937. The number of fused-ring (bicyclic) bond motifs is 2. The number of methoxy groups -OCH3 is 2. The van der Waals surface area contributed by atoms with Crippen LogP contribution in [-0.4, -0.2) is 40.7 Å². The van der Waals surface area contributed by atoms with E-state index in [0.717, 1.165) is 38.6 Å². The summed E-state index contributed by atoms with van der Waals surface area (Å²) in [5.74, 6) is 1.53. The Balaban J connectivity index is 2.03. The van der Waals surface area contributed by atoms with E-state index in [1.165, 1.54) is 0 Å². The van der Waals surface area contributed by atoms with E-state index >= 15 is 0 Å². The van der Waals surface area contributed by atoms with Crippen LogP contribution in [0.15, 0.2) is 42.5 Å². The lowest BCUT2D eigenvalue weighted by atomic mass is 10.00. The highest BCUT2D eigenvalue weighted by Gasteiger charge is 2.14. The lowest BCUT2D eigenvalue weighted by molar-refractivity contribution is -0.134. The zero-order chi connectivity index (χ0) is 20.6. The van der Waals surface area contributed by atoms with Crippen molar-refractivity contribution < 1.29 is 28.4 Å². The van der Waals surface area contributed by atoms with Gasteiger partial charge in [-0.3, -0.25) is 0 Å². The van der Waals surface area contributed by atoms with Gasteiger partial charge in [0.05, 0.1) is 6.61 Å². The standard InChI is InChI=1S/C23H28O6/c1-5-26-16(2)27-13-19-10-9-18-11-20-17(7-6-8-22(20)28-14-24-3)12-21(18)23(19)29-15-25-4/h6-12,16H,5,13-15H2,1-4H3. The maximum Gasteiger partial charge on any atom is 0.188 e. The fraction of sp³-hybridized carbons (Fsp3) is 0.391. The van der Waals surface area contributed by atoms with Gasteiger partial charge in [0.2, 0.25) is 0 Å². The number of hydrogen-bond acceptors (Lipinski definition) is 6. The molecule has 0 aliphatic rings. The van der Waals surface area contributed by atoms with Crippen LogP contribution in [0.5, 0.6) is 11.5 Å². The molecule has 1 unspecified atom stereocenters. The first-order valence-electron chi connectivity index (χ1n) is 9.63. The largest absolute Gasteiger partial charge is 0.467 e. The summed E-state index contributed by atoms with van der Waals surface area (Å²) in [7, 11) is 3.21. The van der Waals surface area contributed by atoms with Gasteiger partial charge in [-0.15, -0.1) is 0 Å². The molecule has 0 N–H and O–H groups in total. The second-order valence-corrected chi connectivity index (χ2v) is 6.54. The summed E-state index contributed by atoms with van der Waals surface area (Å²) in [4.78, 5) is 0. The van der Waals surface area contributed by atoms with E-state index in [0.29, 0.717) is 13.2 Å². The Morgan fingerprint density at radius 3 is 2.31 bits per heavy atom. The minimum atomic E-state index is -0.289. The van der Waals surface area contributed by atoms with E-state index in [-0.39, 0.29) is 19.9 Å². The molecule has 3 rings (SSSR count). The van der Waals surface area contributed by atoms with Crippen molar-refractivity contribution in [3.63, 3.8) is 0 Å². The van der Waals surface area contributed by atoms with Gasteiger partial charge in [0.25, 0.3) is 0 Å². The van der Waals surface area contributed by atoms with Crippen molar-refractivity contribution in [2.45, 2.75) is 26.7 Å². The molecule has 0 saturated carbocycles. The number of hydrogen-bond donors (Lipinski definition) is 0. The average Bonchev–Trinajstić information content (AvgIpc) is 2.73. The maximum absolute atomic E-state index is 5.94. The molecule has 3 aromatic rings. The summed E-state index contributed by atoms with van der Waals surface area (Å²) in [6, 6.07) is 14.2. The Morgan fingerprint density at radius 2 is 1.55 bits per heavy atom. The van der Waals surface area contributed by atoms with Crippen molar-refractivity contribution in [2.24, 2.45) is 0 Å². The van der Waals surface area contributed by atoms with E-state index in [1.807, 2.05) is 32.0 Å². The third-order valence-corrected chi connectivity index (χ3v) is 4.54. The summed E-state index contributed by atoms with van der Waals surface area (Å²) < 4.78 is 33.1. The van der Waals surface area contributed by atoms with Gasteiger partial charge in [-0.2, -0.15) is 0 Å². The van der Waals surface area contributed by atoms with E-state index < -0.39 is 0 Å². The summed E-state index contributed by atoms with van der Waals surface area (Å²) in [6.45, 7) is 5.17. The first-order valence-corrected chi connectivity index (χ1v) is 9.63. The van der Waals surface area contributed by atoms with Gasteiger partial charge in [-0.05, 0) is 42.8 Å². The first-order chi connectivity index (χ1) is 14.2. The summed E-state index contributed by atoms with van der Waals surface area (Å²) in [5, 5.41) is 4.10. The zero-order valence-electron chi connectivity index (χ0n) is 17.4. The third kappa shape index (κ3) is 5.16. The van der Waals surface area contributed by atoms with Crippen LogP contribution in [-0.2, 0) is 25.6 Å². The first kappa shape index (κ1) is 21.3. The minimum absolute atomic E-state index is 0.155. The second-order valence-electron chi connectivity index (χ2n) is 6.54. The normalized spacial score (nSPS) is 12.4. The Hall–Kier alpha value is -2.38. The Bertz CT molecular complexity index is 939. The van der Waals surface area contributed by atoms with Gasteiger partial charge in [-0.1, -0.05) is 24.3 Å². The monoisotopic (exact) mass is 400 g/mol. The van der Waals surface area contributed by atoms with Crippen LogP contribution >= 0.6 is 0 Å². The van der Waals surface area contributed by atoms with Crippen LogP contribution in [0.4, 0.5) is 0 Å². The molecule has 29 heavy (non-hydrogen) atoms. The molecule has 0 amide bonds. The predicted octanol–water partition coefficient (Wildman–Crippen LogP) is 4.86. The number of ether oxygens (including phenoxy) is 6. The minimum Gasteiger partial charge on any atom is -0.467 e. The molecule has 0 fully saturated rings. The van der Waals surface area contributed by atoms with Gasteiger partial charge in [-0.25, -0.2) is 0 Å². The Labute approximate surface area is 171 Å². The highest BCUT2D eigenvalue weighted by Crippen LogP contribution is 2.36. The molecular formula is C23H28O6. The van der Waals surface area contributed by atoms with Crippen LogP contribution in [0.1, 0.15) is 19.4 Å². The Kier molecular flexibility index (Phi) is 7.66. The molecule has 0 radical (unpaired) electrons. The summed E-state index contributed by atoms with van der Waals surface area (Å²) >= 11 is 0. The van der Waals surface area contributed by atoms with Crippen molar-refractivity contribution in [3.8, 4) is 11.5 Å².